The number of likely N-dealkylation sites (N-methyl/N-ethyl adjacent to an activating group) is 1. The Labute approximate surface area is 121 Å². The van der Waals surface area contributed by atoms with E-state index in [1.54, 1.807) is 14.2 Å². The fraction of sp³-hybridized carbons (Fsp3) is 0.529. The Bertz CT molecular complexity index is 552. The molecule has 1 aromatic rings. The van der Waals surface area contributed by atoms with Crippen LogP contribution in [0.2, 0.25) is 0 Å². The molecule has 2 unspecified atom stereocenters. The van der Waals surface area contributed by atoms with Crippen LogP contribution >= 0.6 is 0 Å². The number of methoxy groups -OCH3 is 2. The van der Waals surface area contributed by atoms with Crippen LogP contribution in [0.5, 0.6) is 5.75 Å². The summed E-state index contributed by atoms with van der Waals surface area (Å²) in [6, 6.07) is 6.96. The van der Waals surface area contributed by atoms with Crippen LogP contribution in [-0.2, 0) is 16.6 Å². The molecular weight excluding hydrogens is 250 g/mol. The molecule has 1 aliphatic heterocycles. The highest BCUT2D eigenvalue weighted by atomic mass is 16.5. The van der Waals surface area contributed by atoms with Crippen molar-refractivity contribution in [2.24, 2.45) is 0 Å². The van der Waals surface area contributed by atoms with Gasteiger partial charge in [0.15, 0.2) is 0 Å². The zero-order chi connectivity index (χ0) is 14.3. The molecule has 2 atom stereocenters. The molecule has 2 bridgehead atoms. The third-order valence-electron chi connectivity index (χ3n) is 5.06. The maximum Gasteiger partial charge on any atom is 0.119 e. The van der Waals surface area contributed by atoms with E-state index in [0.717, 1.165) is 25.1 Å². The second-order valence-electron chi connectivity index (χ2n) is 6.11. The highest BCUT2D eigenvalue weighted by molar-refractivity contribution is 5.51. The van der Waals surface area contributed by atoms with Crippen molar-refractivity contribution in [3.8, 4) is 5.75 Å². The van der Waals surface area contributed by atoms with E-state index in [1.807, 2.05) is 6.26 Å². The minimum absolute atomic E-state index is 0.0648. The molecule has 3 nitrogen and oxygen atoms in total. The van der Waals surface area contributed by atoms with E-state index in [1.165, 1.54) is 16.7 Å². The lowest BCUT2D eigenvalue weighted by Crippen LogP contribution is -2.52. The van der Waals surface area contributed by atoms with Crippen LogP contribution in [0.3, 0.4) is 0 Å². The van der Waals surface area contributed by atoms with Crippen LogP contribution in [-0.4, -0.2) is 38.8 Å². The van der Waals surface area contributed by atoms with Crippen molar-refractivity contribution in [2.75, 3.05) is 27.8 Å². The van der Waals surface area contributed by atoms with E-state index in [4.69, 9.17) is 9.47 Å². The van der Waals surface area contributed by atoms with E-state index < -0.39 is 0 Å². The van der Waals surface area contributed by atoms with E-state index in [9.17, 15) is 0 Å². The first-order valence-electron chi connectivity index (χ1n) is 7.21. The van der Waals surface area contributed by atoms with Gasteiger partial charge in [-0.2, -0.15) is 0 Å². The van der Waals surface area contributed by atoms with Crippen molar-refractivity contribution in [3.05, 3.63) is 41.2 Å². The lowest BCUT2D eigenvalue weighted by atomic mass is 9.62. The molecule has 0 aromatic heterocycles. The summed E-state index contributed by atoms with van der Waals surface area (Å²) >= 11 is 0. The highest BCUT2D eigenvalue weighted by Gasteiger charge is 2.46. The molecule has 2 aliphatic rings. The van der Waals surface area contributed by atoms with E-state index in [2.05, 4.69) is 37.1 Å². The van der Waals surface area contributed by atoms with Crippen molar-refractivity contribution in [2.45, 2.75) is 31.2 Å². The zero-order valence-corrected chi connectivity index (χ0v) is 12.8. The summed E-state index contributed by atoms with van der Waals surface area (Å²) in [5, 5.41) is 0. The number of benzene rings is 1. The Balaban J connectivity index is 2.17. The van der Waals surface area contributed by atoms with Crippen molar-refractivity contribution in [1.29, 1.82) is 0 Å². The Morgan fingerprint density at radius 2 is 2.15 bits per heavy atom. The van der Waals surface area contributed by atoms with E-state index in [0.29, 0.717) is 6.04 Å². The number of likely N-dealkylation sites (tertiary alicyclic amines) is 1. The molecule has 1 aliphatic carbocycles. The van der Waals surface area contributed by atoms with Crippen molar-refractivity contribution < 1.29 is 9.47 Å². The molecule has 0 amide bonds. The van der Waals surface area contributed by atoms with Crippen molar-refractivity contribution in [3.63, 3.8) is 0 Å². The maximum absolute atomic E-state index is 5.42. The number of hydrogen-bond acceptors (Lipinski definition) is 3. The molecule has 1 heterocycles. The molecule has 20 heavy (non-hydrogen) atoms. The number of ether oxygens (including phenoxy) is 2. The molecule has 3 rings (SSSR count). The van der Waals surface area contributed by atoms with Crippen LogP contribution in [0.4, 0.5) is 0 Å². The predicted octanol–water partition coefficient (Wildman–Crippen LogP) is 2.74. The third kappa shape index (κ3) is 1.84. The largest absolute Gasteiger partial charge is 0.504 e. The average molecular weight is 273 g/mol. The molecule has 1 fully saturated rings. The summed E-state index contributed by atoms with van der Waals surface area (Å²) in [4.78, 5) is 2.44. The second-order valence-corrected chi connectivity index (χ2v) is 6.11. The number of piperidine rings is 1. The van der Waals surface area contributed by atoms with Gasteiger partial charge in [-0.25, -0.2) is 0 Å². The molecular formula is C17H23NO2. The second kappa shape index (κ2) is 4.81. The molecule has 0 saturated carbocycles. The smallest absolute Gasteiger partial charge is 0.119 e. The van der Waals surface area contributed by atoms with Gasteiger partial charge in [0.2, 0.25) is 0 Å². The molecule has 0 N–H and O–H groups in total. The molecule has 108 valence electrons. The summed E-state index contributed by atoms with van der Waals surface area (Å²) < 4.78 is 10.8. The molecule has 1 saturated heterocycles. The standard InChI is InChI=1S/C17H23NO2/c1-17-7-8-18(2)16(15(17)11-19-3)9-12-5-6-13(20-4)10-14(12)17/h5-6,10-11,16H,7-9H2,1-4H3/b15-11-. The fourth-order valence-corrected chi connectivity index (χ4v) is 3.78. The molecule has 3 heteroatoms. The van der Waals surface area contributed by atoms with Gasteiger partial charge in [0, 0.05) is 11.5 Å². The van der Waals surface area contributed by atoms with Crippen LogP contribution in [0.1, 0.15) is 24.5 Å². The van der Waals surface area contributed by atoms with Crippen LogP contribution in [0.25, 0.3) is 0 Å². The number of rotatable bonds is 2. The van der Waals surface area contributed by atoms with E-state index in [-0.39, 0.29) is 5.41 Å². The summed E-state index contributed by atoms with van der Waals surface area (Å²) in [6.45, 7) is 3.47. The maximum atomic E-state index is 5.42. The molecule has 1 aromatic carbocycles. The number of hydrogen-bond donors (Lipinski definition) is 0. The van der Waals surface area contributed by atoms with Gasteiger partial charge in [0.1, 0.15) is 5.75 Å². The predicted molar refractivity (Wildman–Crippen MR) is 80.2 cm³/mol. The van der Waals surface area contributed by atoms with Crippen molar-refractivity contribution in [1.82, 2.24) is 4.90 Å². The van der Waals surface area contributed by atoms with Gasteiger partial charge in [0.25, 0.3) is 0 Å². The first-order valence-corrected chi connectivity index (χ1v) is 7.21. The summed E-state index contributed by atoms with van der Waals surface area (Å²) in [5.41, 5.74) is 4.31. The number of fused-ring (bicyclic) bond motifs is 4. The Hall–Kier alpha value is -1.48. The van der Waals surface area contributed by atoms with Gasteiger partial charge in [-0.15, -0.1) is 0 Å². The van der Waals surface area contributed by atoms with Gasteiger partial charge in [-0.05, 0) is 55.3 Å². The van der Waals surface area contributed by atoms with Gasteiger partial charge in [-0.3, -0.25) is 4.90 Å². The lowest BCUT2D eigenvalue weighted by molar-refractivity contribution is 0.166. The Morgan fingerprint density at radius 3 is 2.85 bits per heavy atom. The Morgan fingerprint density at radius 1 is 1.35 bits per heavy atom. The topological polar surface area (TPSA) is 21.7 Å². The van der Waals surface area contributed by atoms with Gasteiger partial charge >= 0.3 is 0 Å². The Kier molecular flexibility index (Phi) is 3.25. The summed E-state index contributed by atoms with van der Waals surface area (Å²) in [6.07, 6.45) is 4.14. The minimum Gasteiger partial charge on any atom is -0.504 e. The third-order valence-corrected chi connectivity index (χ3v) is 5.06. The average Bonchev–Trinajstić information content (AvgIpc) is 2.46. The minimum atomic E-state index is 0.0648. The molecule has 0 spiro atoms. The van der Waals surface area contributed by atoms with Gasteiger partial charge < -0.3 is 9.47 Å². The zero-order valence-electron chi connectivity index (χ0n) is 12.8. The van der Waals surface area contributed by atoms with Crippen LogP contribution in [0.15, 0.2) is 30.0 Å². The summed E-state index contributed by atoms with van der Waals surface area (Å²) in [5.74, 6) is 0.944. The van der Waals surface area contributed by atoms with Gasteiger partial charge in [-0.1, -0.05) is 13.0 Å². The SMILES string of the molecule is CO/C=C1/C2Cc3ccc(OC)cc3C1(C)CCN2C. The highest BCUT2D eigenvalue weighted by Crippen LogP contribution is 2.48. The van der Waals surface area contributed by atoms with Crippen LogP contribution in [0, 0.1) is 0 Å². The molecule has 0 radical (unpaired) electrons. The first-order chi connectivity index (χ1) is 9.60. The lowest BCUT2D eigenvalue weighted by Gasteiger charge is -2.50. The fourth-order valence-electron chi connectivity index (χ4n) is 3.78. The van der Waals surface area contributed by atoms with Crippen molar-refractivity contribution >= 4 is 0 Å². The quantitative estimate of drug-likeness (QED) is 0.773. The number of nitrogens with zero attached hydrogens (tertiary/aromatic N) is 1. The normalized spacial score (nSPS) is 31.0. The van der Waals surface area contributed by atoms with Crippen LogP contribution < -0.4 is 4.74 Å². The monoisotopic (exact) mass is 273 g/mol. The van der Waals surface area contributed by atoms with Gasteiger partial charge in [0.05, 0.1) is 20.5 Å². The first kappa shape index (κ1) is 13.5. The van der Waals surface area contributed by atoms with E-state index >= 15 is 0 Å². The summed E-state index contributed by atoms with van der Waals surface area (Å²) in [7, 11) is 5.69.